The normalized spacial score (nSPS) is 12.0. The van der Waals surface area contributed by atoms with Crippen molar-refractivity contribution in [3.05, 3.63) is 91.7 Å². The van der Waals surface area contributed by atoms with Crippen LogP contribution in [0.25, 0.3) is 16.5 Å². The lowest BCUT2D eigenvalue weighted by Gasteiger charge is -2.12. The molecule has 3 rings (SSSR count). The molecule has 3 aromatic rings. The highest BCUT2D eigenvalue weighted by molar-refractivity contribution is 8.24. The van der Waals surface area contributed by atoms with Gasteiger partial charge in [0.25, 0.3) is 5.56 Å². The van der Waals surface area contributed by atoms with Crippen LogP contribution < -0.4 is 15.6 Å². The van der Waals surface area contributed by atoms with Gasteiger partial charge in [0, 0.05) is 17.3 Å². The Morgan fingerprint density at radius 2 is 1.91 bits per heavy atom. The number of pyridine rings is 1. The van der Waals surface area contributed by atoms with E-state index in [1.807, 2.05) is 0 Å². The Bertz CT molecular complexity index is 1360. The number of amides is 2. The summed E-state index contributed by atoms with van der Waals surface area (Å²) >= 11 is 7.94. The SMILES string of the molecule is C=C(SNC(=O)Nc1ccc(-n2ccc3ccc(C(F)(F)F)cc3c2=O)c(F)c1)S/C(Cl)=C\C. The predicted octanol–water partition coefficient (Wildman–Crippen LogP) is 7.22. The van der Waals surface area contributed by atoms with E-state index in [0.717, 1.165) is 46.5 Å². The maximum Gasteiger partial charge on any atom is 0.416 e. The molecule has 0 atom stereocenters. The molecule has 0 aliphatic carbocycles. The summed E-state index contributed by atoms with van der Waals surface area (Å²) < 4.78 is 58.2. The number of carbonyl (C=O) groups is 1. The zero-order valence-corrected chi connectivity index (χ0v) is 19.8. The average Bonchev–Trinajstić information content (AvgIpc) is 2.78. The van der Waals surface area contributed by atoms with Crippen molar-refractivity contribution >= 4 is 57.8 Å². The van der Waals surface area contributed by atoms with Crippen LogP contribution in [0.2, 0.25) is 0 Å². The van der Waals surface area contributed by atoms with Crippen molar-refractivity contribution in [2.45, 2.75) is 13.1 Å². The Morgan fingerprint density at radius 1 is 1.18 bits per heavy atom. The maximum atomic E-state index is 14.8. The van der Waals surface area contributed by atoms with Crippen LogP contribution in [0, 0.1) is 5.82 Å². The van der Waals surface area contributed by atoms with Gasteiger partial charge in [-0.1, -0.05) is 42.1 Å². The van der Waals surface area contributed by atoms with Gasteiger partial charge < -0.3 is 5.32 Å². The van der Waals surface area contributed by atoms with Crippen LogP contribution in [-0.4, -0.2) is 10.6 Å². The second kappa shape index (κ2) is 10.6. The molecule has 178 valence electrons. The fourth-order valence-electron chi connectivity index (χ4n) is 2.83. The summed E-state index contributed by atoms with van der Waals surface area (Å²) in [6.07, 6.45) is -1.69. The zero-order chi connectivity index (χ0) is 25.0. The van der Waals surface area contributed by atoms with Crippen molar-refractivity contribution < 1.29 is 22.4 Å². The number of thioether (sulfide) groups is 1. The number of fused-ring (bicyclic) bond motifs is 1. The first-order chi connectivity index (χ1) is 16.0. The summed E-state index contributed by atoms with van der Waals surface area (Å²) in [5.74, 6) is -0.862. The van der Waals surface area contributed by atoms with E-state index in [2.05, 4.69) is 16.6 Å². The van der Waals surface area contributed by atoms with E-state index in [0.29, 0.717) is 8.60 Å². The standard InChI is InChI=1S/C22H16ClF4N3O2S2/c1-3-19(23)33-12(2)34-29-21(32)28-15-6-7-18(17(24)11-15)30-9-8-13-4-5-14(22(25,26)27)10-16(13)20(30)31/h3-11H,2H2,1H3,(H2,28,29,32)/b19-3-. The molecule has 0 saturated heterocycles. The lowest BCUT2D eigenvalue weighted by atomic mass is 10.1. The maximum absolute atomic E-state index is 14.8. The van der Waals surface area contributed by atoms with Crippen molar-refractivity contribution in [3.63, 3.8) is 0 Å². The fourth-order valence-corrected chi connectivity index (χ4v) is 4.40. The molecule has 0 aliphatic heterocycles. The summed E-state index contributed by atoms with van der Waals surface area (Å²) in [5.41, 5.74) is -1.88. The lowest BCUT2D eigenvalue weighted by molar-refractivity contribution is -0.137. The highest BCUT2D eigenvalue weighted by atomic mass is 35.5. The monoisotopic (exact) mass is 529 g/mol. The molecule has 0 radical (unpaired) electrons. The topological polar surface area (TPSA) is 63.1 Å². The minimum Gasteiger partial charge on any atom is -0.307 e. The first-order valence-corrected chi connectivity index (χ1v) is 11.5. The van der Waals surface area contributed by atoms with Crippen LogP contribution in [-0.2, 0) is 6.18 Å². The predicted molar refractivity (Wildman–Crippen MR) is 131 cm³/mol. The first-order valence-electron chi connectivity index (χ1n) is 9.44. The molecule has 2 aromatic carbocycles. The third kappa shape index (κ3) is 6.16. The molecule has 0 spiro atoms. The number of hydrogen-bond donors (Lipinski definition) is 2. The van der Waals surface area contributed by atoms with Gasteiger partial charge in [-0.15, -0.1) is 0 Å². The highest BCUT2D eigenvalue weighted by Crippen LogP contribution is 2.33. The number of carbonyl (C=O) groups excluding carboxylic acids is 1. The van der Waals surface area contributed by atoms with E-state index in [1.165, 1.54) is 30.5 Å². The van der Waals surface area contributed by atoms with Gasteiger partial charge in [0.1, 0.15) is 5.82 Å². The number of alkyl halides is 3. The van der Waals surface area contributed by atoms with Gasteiger partial charge in [-0.25, -0.2) is 9.18 Å². The molecule has 1 heterocycles. The number of benzene rings is 2. The molecule has 5 nitrogen and oxygen atoms in total. The van der Waals surface area contributed by atoms with Gasteiger partial charge in [-0.05, 0) is 60.7 Å². The Labute approximate surface area is 205 Å². The quantitative estimate of drug-likeness (QED) is 0.261. The van der Waals surface area contributed by atoms with Crippen LogP contribution >= 0.6 is 35.3 Å². The molecule has 0 unspecified atom stereocenters. The number of rotatable bonds is 6. The molecule has 0 saturated carbocycles. The van der Waals surface area contributed by atoms with Crippen molar-refractivity contribution in [1.29, 1.82) is 0 Å². The summed E-state index contributed by atoms with van der Waals surface area (Å²) in [4.78, 5) is 24.8. The van der Waals surface area contributed by atoms with Gasteiger partial charge in [0.15, 0.2) is 0 Å². The molecule has 1 aromatic heterocycles. The van der Waals surface area contributed by atoms with Crippen LogP contribution in [0.3, 0.4) is 0 Å². The number of anilines is 1. The smallest absolute Gasteiger partial charge is 0.307 e. The van der Waals surface area contributed by atoms with Gasteiger partial charge in [0.05, 0.1) is 19.9 Å². The second-order valence-corrected chi connectivity index (χ2v) is 9.61. The molecule has 12 heteroatoms. The number of aromatic nitrogens is 1. The number of nitrogens with one attached hydrogen (secondary N) is 2. The molecular formula is C22H16ClF4N3O2S2. The number of halogens is 5. The molecule has 2 N–H and O–H groups in total. The summed E-state index contributed by atoms with van der Waals surface area (Å²) in [6, 6.07) is 7.13. The summed E-state index contributed by atoms with van der Waals surface area (Å²) in [5, 5.41) is 2.52. The summed E-state index contributed by atoms with van der Waals surface area (Å²) in [6.45, 7) is 5.48. The Kier molecular flexibility index (Phi) is 8.01. The van der Waals surface area contributed by atoms with Crippen LogP contribution in [0.15, 0.2) is 74.7 Å². The van der Waals surface area contributed by atoms with E-state index in [9.17, 15) is 27.2 Å². The minimum absolute atomic E-state index is 0.0947. The fraction of sp³-hybridized carbons (Fsp3) is 0.0909. The van der Waals surface area contributed by atoms with Crippen molar-refractivity contribution in [3.8, 4) is 5.69 Å². The zero-order valence-electron chi connectivity index (χ0n) is 17.4. The first kappa shape index (κ1) is 25.7. The molecule has 0 fully saturated rings. The second-order valence-electron chi connectivity index (χ2n) is 6.68. The van der Waals surface area contributed by atoms with Crippen LogP contribution in [0.1, 0.15) is 12.5 Å². The van der Waals surface area contributed by atoms with Crippen LogP contribution in [0.5, 0.6) is 0 Å². The molecule has 2 amide bonds. The molecule has 0 bridgehead atoms. The van der Waals surface area contributed by atoms with Crippen molar-refractivity contribution in [2.24, 2.45) is 0 Å². The average molecular weight is 530 g/mol. The molecule has 34 heavy (non-hydrogen) atoms. The van der Waals surface area contributed by atoms with Gasteiger partial charge in [-0.3, -0.25) is 14.1 Å². The van der Waals surface area contributed by atoms with E-state index in [-0.39, 0.29) is 22.1 Å². The third-order valence-electron chi connectivity index (χ3n) is 4.39. The van der Waals surface area contributed by atoms with Gasteiger partial charge >= 0.3 is 12.2 Å². The summed E-state index contributed by atoms with van der Waals surface area (Å²) in [7, 11) is 0. The van der Waals surface area contributed by atoms with E-state index in [1.54, 1.807) is 13.0 Å². The highest BCUT2D eigenvalue weighted by Gasteiger charge is 2.30. The lowest BCUT2D eigenvalue weighted by Crippen LogP contribution is -2.23. The molecular weight excluding hydrogens is 514 g/mol. The number of hydrogen-bond acceptors (Lipinski definition) is 4. The van der Waals surface area contributed by atoms with Crippen molar-refractivity contribution in [1.82, 2.24) is 9.29 Å². The number of allylic oxidation sites excluding steroid dienone is 1. The van der Waals surface area contributed by atoms with E-state index < -0.39 is 29.1 Å². The van der Waals surface area contributed by atoms with Crippen molar-refractivity contribution in [2.75, 3.05) is 5.32 Å². The number of urea groups is 1. The Balaban J connectivity index is 1.79. The minimum atomic E-state index is -4.62. The van der Waals surface area contributed by atoms with E-state index >= 15 is 0 Å². The van der Waals surface area contributed by atoms with Gasteiger partial charge in [0.2, 0.25) is 0 Å². The van der Waals surface area contributed by atoms with Crippen LogP contribution in [0.4, 0.5) is 28.0 Å². The Morgan fingerprint density at radius 3 is 2.56 bits per heavy atom. The number of nitrogens with zero attached hydrogens (tertiary/aromatic N) is 1. The van der Waals surface area contributed by atoms with Gasteiger partial charge in [-0.2, -0.15) is 13.2 Å². The largest absolute Gasteiger partial charge is 0.416 e. The molecule has 0 aliphatic rings. The third-order valence-corrected chi connectivity index (χ3v) is 6.52. The van der Waals surface area contributed by atoms with E-state index in [4.69, 9.17) is 11.6 Å². The Hall–Kier alpha value is -2.89.